The highest BCUT2D eigenvalue weighted by Crippen LogP contribution is 2.19. The molecule has 0 saturated carbocycles. The first-order valence-electron chi connectivity index (χ1n) is 3.97. The Balaban J connectivity index is 3.03. The maximum absolute atomic E-state index is 11.0. The van der Waals surface area contributed by atoms with Gasteiger partial charge in [0.15, 0.2) is 5.78 Å². The van der Waals surface area contributed by atoms with Crippen molar-refractivity contribution in [1.29, 1.82) is 0 Å². The molecule has 0 fully saturated rings. The van der Waals surface area contributed by atoms with Crippen molar-refractivity contribution in [3.8, 4) is 5.75 Å². The Kier molecular flexibility index (Phi) is 3.03. The summed E-state index contributed by atoms with van der Waals surface area (Å²) in [5.74, 6) is 0.143. The zero-order chi connectivity index (χ0) is 9.84. The summed E-state index contributed by atoms with van der Waals surface area (Å²) < 4.78 is 4.87. The van der Waals surface area contributed by atoms with E-state index < -0.39 is 0 Å². The molecule has 0 atom stereocenters. The molecule has 3 heteroatoms. The first-order valence-corrected chi connectivity index (χ1v) is 3.97. The van der Waals surface area contributed by atoms with E-state index in [0.29, 0.717) is 17.7 Å². The van der Waals surface area contributed by atoms with Crippen molar-refractivity contribution < 1.29 is 14.6 Å². The average molecular weight is 180 g/mol. The molecule has 1 N–H and O–H groups in total. The van der Waals surface area contributed by atoms with Crippen molar-refractivity contribution in [2.75, 3.05) is 7.11 Å². The number of Topliss-reactive ketones (excluding diaryl/α,β-unsaturated/α-hetero) is 1. The Morgan fingerprint density at radius 2 is 2.23 bits per heavy atom. The Morgan fingerprint density at radius 3 is 2.77 bits per heavy atom. The summed E-state index contributed by atoms with van der Waals surface area (Å²) in [6.45, 7) is 1.80. The maximum atomic E-state index is 11.0. The van der Waals surface area contributed by atoms with E-state index in [1.54, 1.807) is 19.2 Å². The van der Waals surface area contributed by atoms with Crippen molar-refractivity contribution in [2.24, 2.45) is 0 Å². The fourth-order valence-corrected chi connectivity index (χ4v) is 1.08. The zero-order valence-electron chi connectivity index (χ0n) is 7.70. The highest BCUT2D eigenvalue weighted by Gasteiger charge is 2.04. The number of hydrogen-bond donors (Lipinski definition) is 1. The first-order chi connectivity index (χ1) is 6.15. The van der Waals surface area contributed by atoms with Gasteiger partial charge in [0.1, 0.15) is 5.75 Å². The minimum atomic E-state index is -0.0163. The van der Waals surface area contributed by atoms with Gasteiger partial charge in [-0.3, -0.25) is 4.79 Å². The molecule has 1 aromatic rings. The molecular weight excluding hydrogens is 168 g/mol. The fraction of sp³-hybridized carbons (Fsp3) is 0.300. The van der Waals surface area contributed by atoms with Crippen LogP contribution in [0.3, 0.4) is 0 Å². The number of phenolic OH excluding ortho intramolecular Hbond substituents is 1. The van der Waals surface area contributed by atoms with E-state index in [2.05, 4.69) is 0 Å². The number of carbonyl (C=O) groups excluding carboxylic acids is 1. The molecular formula is C10H12O3. The first kappa shape index (κ1) is 9.74. The van der Waals surface area contributed by atoms with Crippen LogP contribution in [0.2, 0.25) is 0 Å². The largest absolute Gasteiger partial charge is 0.508 e. The average Bonchev–Trinajstić information content (AvgIpc) is 2.08. The van der Waals surface area contributed by atoms with Crippen LogP contribution in [-0.2, 0) is 11.3 Å². The van der Waals surface area contributed by atoms with Gasteiger partial charge in [0.25, 0.3) is 0 Å². The third-order valence-electron chi connectivity index (χ3n) is 1.79. The molecule has 1 aromatic carbocycles. The van der Waals surface area contributed by atoms with Gasteiger partial charge < -0.3 is 9.84 Å². The zero-order valence-corrected chi connectivity index (χ0v) is 7.70. The van der Waals surface area contributed by atoms with Gasteiger partial charge in [-0.15, -0.1) is 0 Å². The van der Waals surface area contributed by atoms with Crippen LogP contribution in [0.4, 0.5) is 0 Å². The lowest BCUT2D eigenvalue weighted by Gasteiger charge is -2.04. The molecule has 70 valence electrons. The molecule has 0 aliphatic heterocycles. The van der Waals surface area contributed by atoms with E-state index in [0.717, 1.165) is 0 Å². The van der Waals surface area contributed by atoms with Gasteiger partial charge >= 0.3 is 0 Å². The molecule has 0 amide bonds. The van der Waals surface area contributed by atoms with Crippen LogP contribution in [0.5, 0.6) is 5.75 Å². The smallest absolute Gasteiger partial charge is 0.159 e. The summed E-state index contributed by atoms with van der Waals surface area (Å²) in [4.78, 5) is 11.0. The molecule has 1 rings (SSSR count). The van der Waals surface area contributed by atoms with E-state index in [4.69, 9.17) is 4.74 Å². The number of ketones is 1. The Bertz CT molecular complexity index is 318. The number of aromatic hydroxyl groups is 1. The number of methoxy groups -OCH3 is 1. The van der Waals surface area contributed by atoms with Crippen LogP contribution in [0.1, 0.15) is 22.8 Å². The monoisotopic (exact) mass is 180 g/mol. The molecule has 0 aliphatic carbocycles. The summed E-state index contributed by atoms with van der Waals surface area (Å²) in [7, 11) is 1.54. The predicted octanol–water partition coefficient (Wildman–Crippen LogP) is 1.74. The van der Waals surface area contributed by atoms with Gasteiger partial charge in [0.05, 0.1) is 6.61 Å². The minimum Gasteiger partial charge on any atom is -0.508 e. The van der Waals surface area contributed by atoms with Crippen LogP contribution in [-0.4, -0.2) is 18.0 Å². The van der Waals surface area contributed by atoms with Crippen molar-refractivity contribution in [1.82, 2.24) is 0 Å². The third-order valence-corrected chi connectivity index (χ3v) is 1.79. The van der Waals surface area contributed by atoms with Crippen molar-refractivity contribution in [3.05, 3.63) is 29.3 Å². The summed E-state index contributed by atoms with van der Waals surface area (Å²) in [6.07, 6.45) is 0. The second-order valence-electron chi connectivity index (χ2n) is 2.83. The number of ether oxygens (including phenoxy) is 1. The summed E-state index contributed by atoms with van der Waals surface area (Å²) >= 11 is 0. The second-order valence-corrected chi connectivity index (χ2v) is 2.83. The van der Waals surface area contributed by atoms with E-state index in [9.17, 15) is 9.90 Å². The van der Waals surface area contributed by atoms with Gasteiger partial charge in [-0.1, -0.05) is 0 Å². The van der Waals surface area contributed by atoms with Crippen molar-refractivity contribution in [2.45, 2.75) is 13.5 Å². The number of phenols is 1. The lowest BCUT2D eigenvalue weighted by atomic mass is 10.1. The van der Waals surface area contributed by atoms with Crippen LogP contribution < -0.4 is 0 Å². The standard InChI is InChI=1S/C10H12O3/c1-7(11)8-3-4-10(12)9(5-8)6-13-2/h3-5,12H,6H2,1-2H3. The SMILES string of the molecule is COCc1cc(C(C)=O)ccc1O. The molecule has 0 bridgehead atoms. The quantitative estimate of drug-likeness (QED) is 0.721. The van der Waals surface area contributed by atoms with Crippen LogP contribution >= 0.6 is 0 Å². The molecule has 13 heavy (non-hydrogen) atoms. The van der Waals surface area contributed by atoms with E-state index in [1.807, 2.05) is 0 Å². The number of carbonyl (C=O) groups is 1. The van der Waals surface area contributed by atoms with E-state index in [-0.39, 0.29) is 11.5 Å². The van der Waals surface area contributed by atoms with Crippen LogP contribution in [0.15, 0.2) is 18.2 Å². The summed E-state index contributed by atoms with van der Waals surface area (Å²) in [6, 6.07) is 4.74. The molecule has 3 nitrogen and oxygen atoms in total. The predicted molar refractivity (Wildman–Crippen MR) is 48.8 cm³/mol. The molecule has 0 saturated heterocycles. The number of hydrogen-bond acceptors (Lipinski definition) is 3. The van der Waals surface area contributed by atoms with Gasteiger partial charge in [-0.05, 0) is 25.1 Å². The number of benzene rings is 1. The van der Waals surface area contributed by atoms with Crippen molar-refractivity contribution in [3.63, 3.8) is 0 Å². The summed E-state index contributed by atoms with van der Waals surface area (Å²) in [5.41, 5.74) is 1.22. The highest BCUT2D eigenvalue weighted by molar-refractivity contribution is 5.94. The van der Waals surface area contributed by atoms with Crippen molar-refractivity contribution >= 4 is 5.78 Å². The molecule has 0 spiro atoms. The molecule has 0 radical (unpaired) electrons. The van der Waals surface area contributed by atoms with Gasteiger partial charge in [0.2, 0.25) is 0 Å². The fourth-order valence-electron chi connectivity index (χ4n) is 1.08. The maximum Gasteiger partial charge on any atom is 0.159 e. The lowest BCUT2D eigenvalue weighted by Crippen LogP contribution is -1.95. The molecule has 0 unspecified atom stereocenters. The number of rotatable bonds is 3. The van der Waals surface area contributed by atoms with Gasteiger partial charge in [-0.25, -0.2) is 0 Å². The third kappa shape index (κ3) is 2.29. The normalized spacial score (nSPS) is 10.0. The van der Waals surface area contributed by atoms with Gasteiger partial charge in [-0.2, -0.15) is 0 Å². The Morgan fingerprint density at radius 1 is 1.54 bits per heavy atom. The van der Waals surface area contributed by atoms with E-state index >= 15 is 0 Å². The minimum absolute atomic E-state index is 0.0163. The van der Waals surface area contributed by atoms with Gasteiger partial charge in [0, 0.05) is 18.2 Å². The second kappa shape index (κ2) is 4.05. The Hall–Kier alpha value is -1.35. The Labute approximate surface area is 77.0 Å². The molecule has 0 aromatic heterocycles. The molecule has 0 heterocycles. The van der Waals surface area contributed by atoms with Crippen LogP contribution in [0, 0.1) is 0 Å². The van der Waals surface area contributed by atoms with Crippen LogP contribution in [0.25, 0.3) is 0 Å². The lowest BCUT2D eigenvalue weighted by molar-refractivity contribution is 0.101. The summed E-state index contributed by atoms with van der Waals surface area (Å²) in [5, 5.41) is 9.36. The van der Waals surface area contributed by atoms with E-state index in [1.165, 1.54) is 13.0 Å². The molecule has 0 aliphatic rings. The topological polar surface area (TPSA) is 46.5 Å². The highest BCUT2D eigenvalue weighted by atomic mass is 16.5.